The highest BCUT2D eigenvalue weighted by atomic mass is 79.9. The largest absolute Gasteiger partial charge is 0.346 e. The van der Waals surface area contributed by atoms with E-state index in [2.05, 4.69) is 36.3 Å². The van der Waals surface area contributed by atoms with E-state index in [0.717, 1.165) is 0 Å². The van der Waals surface area contributed by atoms with Gasteiger partial charge in [0.05, 0.1) is 21.8 Å². The Kier molecular flexibility index (Phi) is 7.88. The summed E-state index contributed by atoms with van der Waals surface area (Å²) in [6.07, 6.45) is 0.951. The minimum absolute atomic E-state index is 0.0636. The van der Waals surface area contributed by atoms with Gasteiger partial charge in [0, 0.05) is 19.0 Å². The van der Waals surface area contributed by atoms with Crippen molar-refractivity contribution >= 4 is 33.6 Å². The predicted molar refractivity (Wildman–Crippen MR) is 127 cm³/mol. The number of hydrogen-bond acceptors (Lipinski definition) is 5. The van der Waals surface area contributed by atoms with Crippen LogP contribution in [0, 0.1) is 5.82 Å². The molecule has 0 unspecified atom stereocenters. The third-order valence-electron chi connectivity index (χ3n) is 5.84. The molecule has 4 rings (SSSR count). The molecule has 37 heavy (non-hydrogen) atoms. The van der Waals surface area contributed by atoms with Crippen LogP contribution in [0.15, 0.2) is 40.1 Å². The van der Waals surface area contributed by atoms with Crippen LogP contribution in [0.25, 0.3) is 0 Å². The van der Waals surface area contributed by atoms with Crippen LogP contribution in [-0.4, -0.2) is 31.9 Å². The molecule has 0 spiro atoms. The van der Waals surface area contributed by atoms with Gasteiger partial charge in [-0.2, -0.15) is 13.9 Å². The maximum absolute atomic E-state index is 14.7. The lowest BCUT2D eigenvalue weighted by atomic mass is 9.89. The van der Waals surface area contributed by atoms with Crippen LogP contribution in [-0.2, 0) is 36.3 Å². The number of aromatic nitrogens is 4. The van der Waals surface area contributed by atoms with Crippen molar-refractivity contribution in [3.63, 3.8) is 0 Å². The van der Waals surface area contributed by atoms with Gasteiger partial charge in [0.1, 0.15) is 30.4 Å². The van der Waals surface area contributed by atoms with Gasteiger partial charge in [0.2, 0.25) is 5.91 Å². The van der Waals surface area contributed by atoms with E-state index in [0.29, 0.717) is 25.6 Å². The second-order valence-electron chi connectivity index (χ2n) is 8.41. The summed E-state index contributed by atoms with van der Waals surface area (Å²) in [6.45, 7) is -2.36. The van der Waals surface area contributed by atoms with E-state index in [1.165, 1.54) is 36.2 Å². The van der Waals surface area contributed by atoms with Crippen molar-refractivity contribution in [1.82, 2.24) is 25.1 Å². The minimum atomic E-state index is -3.72. The Morgan fingerprint density at radius 1 is 1.24 bits per heavy atom. The first-order valence-corrected chi connectivity index (χ1v) is 13.0. The molecule has 1 aliphatic rings. The van der Waals surface area contributed by atoms with E-state index in [1.54, 1.807) is 12.3 Å². The number of fused-ring (bicyclic) bond motifs is 1. The Morgan fingerprint density at radius 3 is 2.65 bits per heavy atom. The number of halogens is 7. The molecule has 1 atom stereocenters. The summed E-state index contributed by atoms with van der Waals surface area (Å²) < 4.78 is 86.4. The summed E-state index contributed by atoms with van der Waals surface area (Å²) in [5.74, 6) is -8.79. The standard InChI is InChI=1S/C23H20BrF6N5OS/c1-37-21-31-10-14(24)19(33-21)15(8-12-3-2-4-13(26)7-12)32-17(36)11-35-20-18(16(9-25)34-35)22(27,28)5-6-23(20,29)30/h2-4,7,10,15H,5-6,8-9,11H2,1H3,(H,32,36)/t15-/m0/s1. The zero-order valence-corrected chi connectivity index (χ0v) is 21.7. The van der Waals surface area contributed by atoms with Crippen molar-refractivity contribution in [3.8, 4) is 0 Å². The predicted octanol–water partition coefficient (Wildman–Crippen LogP) is 5.84. The first-order valence-electron chi connectivity index (χ1n) is 11.0. The molecule has 3 aromatic rings. The number of rotatable bonds is 8. The van der Waals surface area contributed by atoms with Crippen LogP contribution >= 0.6 is 27.7 Å². The molecule has 14 heteroatoms. The molecule has 1 amide bonds. The van der Waals surface area contributed by atoms with Crippen molar-refractivity contribution in [1.29, 1.82) is 0 Å². The highest BCUT2D eigenvalue weighted by Crippen LogP contribution is 2.51. The van der Waals surface area contributed by atoms with E-state index in [9.17, 15) is 31.1 Å². The van der Waals surface area contributed by atoms with Gasteiger partial charge in [-0.3, -0.25) is 9.48 Å². The van der Waals surface area contributed by atoms with Crippen LogP contribution in [0.4, 0.5) is 26.3 Å². The van der Waals surface area contributed by atoms with Gasteiger partial charge in [-0.05, 0) is 46.3 Å². The number of hydrogen-bond donors (Lipinski definition) is 1. The smallest absolute Gasteiger partial charge is 0.290 e. The Bertz CT molecular complexity index is 1320. The highest BCUT2D eigenvalue weighted by Gasteiger charge is 2.54. The van der Waals surface area contributed by atoms with Crippen LogP contribution in [0.1, 0.15) is 47.1 Å². The second kappa shape index (κ2) is 10.6. The maximum Gasteiger partial charge on any atom is 0.290 e. The summed E-state index contributed by atoms with van der Waals surface area (Å²) in [6, 6.07) is 4.76. The van der Waals surface area contributed by atoms with Crippen molar-refractivity contribution in [2.45, 2.75) is 55.5 Å². The molecule has 2 aromatic heterocycles. The van der Waals surface area contributed by atoms with Crippen molar-refractivity contribution < 1.29 is 31.1 Å². The molecule has 0 fully saturated rings. The molecular weight excluding hydrogens is 588 g/mol. The molecular formula is C23H20BrF6N5OS. The number of nitrogens with zero attached hydrogens (tertiary/aromatic N) is 4. The number of amides is 1. The molecule has 1 N–H and O–H groups in total. The zero-order valence-electron chi connectivity index (χ0n) is 19.3. The molecule has 0 radical (unpaired) electrons. The number of thioether (sulfide) groups is 1. The first kappa shape index (κ1) is 27.4. The Morgan fingerprint density at radius 2 is 1.97 bits per heavy atom. The molecule has 0 saturated carbocycles. The Labute approximate surface area is 220 Å². The van der Waals surface area contributed by atoms with E-state index in [-0.39, 0.29) is 6.42 Å². The molecule has 1 aliphatic carbocycles. The van der Waals surface area contributed by atoms with Gasteiger partial charge in [0.15, 0.2) is 5.16 Å². The lowest BCUT2D eigenvalue weighted by molar-refractivity contribution is -0.123. The fourth-order valence-electron chi connectivity index (χ4n) is 4.23. The molecule has 0 saturated heterocycles. The van der Waals surface area contributed by atoms with E-state index in [4.69, 9.17) is 0 Å². The van der Waals surface area contributed by atoms with Crippen LogP contribution in [0.5, 0.6) is 0 Å². The molecule has 0 aliphatic heterocycles. The van der Waals surface area contributed by atoms with Gasteiger partial charge in [-0.1, -0.05) is 23.9 Å². The van der Waals surface area contributed by atoms with E-state index < -0.39 is 72.6 Å². The second-order valence-corrected chi connectivity index (χ2v) is 10.0. The van der Waals surface area contributed by atoms with Crippen LogP contribution < -0.4 is 5.32 Å². The molecule has 2 heterocycles. The molecule has 6 nitrogen and oxygen atoms in total. The number of benzene rings is 1. The van der Waals surface area contributed by atoms with E-state index >= 15 is 0 Å². The topological polar surface area (TPSA) is 72.7 Å². The molecule has 1 aromatic carbocycles. The average Bonchev–Trinajstić information content (AvgIpc) is 3.23. The quantitative estimate of drug-likeness (QED) is 0.198. The van der Waals surface area contributed by atoms with Gasteiger partial charge >= 0.3 is 0 Å². The number of nitrogens with one attached hydrogen (secondary N) is 1. The summed E-state index contributed by atoms with van der Waals surface area (Å²) in [5.41, 5.74) is -2.32. The maximum atomic E-state index is 14.7. The Hall–Kier alpha value is -2.61. The number of alkyl halides is 5. The fraction of sp³-hybridized carbons (Fsp3) is 0.391. The normalized spacial score (nSPS) is 16.8. The highest BCUT2D eigenvalue weighted by molar-refractivity contribution is 9.10. The lowest BCUT2D eigenvalue weighted by Crippen LogP contribution is -2.37. The molecule has 0 bridgehead atoms. The average molecular weight is 608 g/mol. The van der Waals surface area contributed by atoms with Crippen molar-refractivity contribution in [3.05, 3.63) is 69.0 Å². The van der Waals surface area contributed by atoms with Gasteiger partial charge in [0.25, 0.3) is 11.8 Å². The lowest BCUT2D eigenvalue weighted by Gasteiger charge is -2.29. The van der Waals surface area contributed by atoms with Gasteiger partial charge in [-0.15, -0.1) is 0 Å². The van der Waals surface area contributed by atoms with Crippen molar-refractivity contribution in [2.75, 3.05) is 6.26 Å². The summed E-state index contributed by atoms with van der Waals surface area (Å²) in [7, 11) is 0. The fourth-order valence-corrected chi connectivity index (χ4v) is 5.05. The third kappa shape index (κ3) is 5.79. The molecule has 198 valence electrons. The summed E-state index contributed by atoms with van der Waals surface area (Å²) in [5, 5.41) is 6.62. The zero-order chi connectivity index (χ0) is 27.0. The number of carbonyl (C=O) groups is 1. The van der Waals surface area contributed by atoms with Crippen molar-refractivity contribution in [2.24, 2.45) is 0 Å². The summed E-state index contributed by atoms with van der Waals surface area (Å²) in [4.78, 5) is 21.6. The monoisotopic (exact) mass is 607 g/mol. The first-order chi connectivity index (χ1) is 17.4. The van der Waals surface area contributed by atoms with Gasteiger partial charge < -0.3 is 5.32 Å². The SMILES string of the molecule is CSc1ncc(Br)c([C@H](Cc2cccc(F)c2)NC(=O)Cn2nc(CF)c3c2C(F)(F)CCC3(F)F)n1. The number of carbonyl (C=O) groups excluding carboxylic acids is 1. The minimum Gasteiger partial charge on any atom is -0.346 e. The van der Waals surface area contributed by atoms with Gasteiger partial charge in [-0.25, -0.2) is 27.5 Å². The Balaban J connectivity index is 1.68. The van der Waals surface area contributed by atoms with Crippen LogP contribution in [0.3, 0.4) is 0 Å². The van der Waals surface area contributed by atoms with Crippen LogP contribution in [0.2, 0.25) is 0 Å². The summed E-state index contributed by atoms with van der Waals surface area (Å²) >= 11 is 4.57. The van der Waals surface area contributed by atoms with E-state index in [1.807, 2.05) is 0 Å². The third-order valence-corrected chi connectivity index (χ3v) is 7.01.